The Morgan fingerprint density at radius 3 is 2.73 bits per heavy atom. The second-order valence-electron chi connectivity index (χ2n) is 4.96. The van der Waals surface area contributed by atoms with Gasteiger partial charge in [0.1, 0.15) is 0 Å². The third-order valence-electron chi connectivity index (χ3n) is 2.54. The molecule has 0 aliphatic carbocycles. The van der Waals surface area contributed by atoms with Crippen LogP contribution in [-0.2, 0) is 9.59 Å². The summed E-state index contributed by atoms with van der Waals surface area (Å²) in [5.41, 5.74) is 2.75. The molecule has 0 heterocycles. The molecule has 0 saturated heterocycles. The lowest BCUT2D eigenvalue weighted by molar-refractivity contribution is -0.139. The van der Waals surface area contributed by atoms with Gasteiger partial charge in [-0.25, -0.2) is 5.43 Å². The van der Waals surface area contributed by atoms with Gasteiger partial charge in [-0.05, 0) is 36.6 Å². The molecule has 22 heavy (non-hydrogen) atoms. The summed E-state index contributed by atoms with van der Waals surface area (Å²) in [6, 6.07) is 4.64. The molecular weight excluding hydrogens is 286 g/mol. The van der Waals surface area contributed by atoms with Gasteiger partial charge in [-0.2, -0.15) is 5.10 Å². The first kappa shape index (κ1) is 17.5. The van der Waals surface area contributed by atoms with Crippen LogP contribution in [0.5, 0.6) is 11.5 Å². The first-order valence-corrected chi connectivity index (χ1v) is 7.01. The predicted molar refractivity (Wildman–Crippen MR) is 82.9 cm³/mol. The molecule has 0 fully saturated rings. The number of hydrogen-bond donors (Lipinski definition) is 3. The van der Waals surface area contributed by atoms with E-state index in [0.29, 0.717) is 24.5 Å². The molecule has 0 spiro atoms. The Morgan fingerprint density at radius 1 is 1.36 bits per heavy atom. The summed E-state index contributed by atoms with van der Waals surface area (Å²) in [6.45, 7) is 6.50. The van der Waals surface area contributed by atoms with Crippen LogP contribution in [0.3, 0.4) is 0 Å². The number of rotatable bonds is 6. The van der Waals surface area contributed by atoms with Crippen LogP contribution >= 0.6 is 0 Å². The third-order valence-corrected chi connectivity index (χ3v) is 2.54. The Kier molecular flexibility index (Phi) is 6.88. The van der Waals surface area contributed by atoms with Crippen molar-refractivity contribution in [2.75, 3.05) is 13.2 Å². The zero-order valence-electron chi connectivity index (χ0n) is 12.9. The average Bonchev–Trinajstić information content (AvgIpc) is 2.48. The molecule has 0 radical (unpaired) electrons. The molecule has 0 atom stereocenters. The fourth-order valence-corrected chi connectivity index (χ4v) is 1.48. The summed E-state index contributed by atoms with van der Waals surface area (Å²) in [4.78, 5) is 22.9. The van der Waals surface area contributed by atoms with Gasteiger partial charge in [-0.3, -0.25) is 9.59 Å². The summed E-state index contributed by atoms with van der Waals surface area (Å²) in [6.07, 6.45) is 1.36. The van der Waals surface area contributed by atoms with Gasteiger partial charge in [0.2, 0.25) is 0 Å². The molecule has 7 nitrogen and oxygen atoms in total. The number of nitrogens with zero attached hydrogens (tertiary/aromatic N) is 1. The molecule has 0 aromatic heterocycles. The smallest absolute Gasteiger partial charge is 0.329 e. The van der Waals surface area contributed by atoms with Crippen LogP contribution in [0.4, 0.5) is 0 Å². The number of ether oxygens (including phenoxy) is 1. The van der Waals surface area contributed by atoms with Gasteiger partial charge in [0.15, 0.2) is 11.5 Å². The van der Waals surface area contributed by atoms with Gasteiger partial charge in [-0.1, -0.05) is 13.8 Å². The standard InChI is InChI=1S/C15H21N3O4/c1-4-22-13-7-11(5-6-12(13)19)9-17-18-15(21)14(20)16-8-10(2)3/h5-7,9-10,19H,4,8H2,1-3H3,(H,16,20)(H,18,21)/b17-9-. The normalized spacial score (nSPS) is 10.7. The zero-order chi connectivity index (χ0) is 16.5. The molecule has 0 unspecified atom stereocenters. The maximum Gasteiger partial charge on any atom is 0.329 e. The van der Waals surface area contributed by atoms with Crippen LogP contribution in [0.15, 0.2) is 23.3 Å². The van der Waals surface area contributed by atoms with Crippen molar-refractivity contribution in [1.82, 2.24) is 10.7 Å². The summed E-state index contributed by atoms with van der Waals surface area (Å²) >= 11 is 0. The lowest BCUT2D eigenvalue weighted by Crippen LogP contribution is -2.39. The van der Waals surface area contributed by atoms with Crippen molar-refractivity contribution < 1.29 is 19.4 Å². The second-order valence-corrected chi connectivity index (χ2v) is 4.96. The van der Waals surface area contributed by atoms with E-state index >= 15 is 0 Å². The first-order valence-electron chi connectivity index (χ1n) is 7.01. The molecule has 0 aliphatic rings. The number of benzene rings is 1. The molecule has 0 bridgehead atoms. The summed E-state index contributed by atoms with van der Waals surface area (Å²) < 4.78 is 5.23. The Morgan fingerprint density at radius 2 is 2.09 bits per heavy atom. The maximum absolute atomic E-state index is 11.5. The highest BCUT2D eigenvalue weighted by molar-refractivity contribution is 6.35. The van der Waals surface area contributed by atoms with Gasteiger partial charge in [-0.15, -0.1) is 0 Å². The number of hydrogen-bond acceptors (Lipinski definition) is 5. The average molecular weight is 307 g/mol. The van der Waals surface area contributed by atoms with Gasteiger partial charge >= 0.3 is 11.8 Å². The van der Waals surface area contributed by atoms with E-state index in [-0.39, 0.29) is 11.7 Å². The lowest BCUT2D eigenvalue weighted by Gasteiger charge is -2.06. The molecule has 7 heteroatoms. The van der Waals surface area contributed by atoms with Crippen LogP contribution in [0.25, 0.3) is 0 Å². The Hall–Kier alpha value is -2.57. The SMILES string of the molecule is CCOc1cc(/C=N\NC(=O)C(=O)NCC(C)C)ccc1O. The molecule has 1 rings (SSSR count). The van der Waals surface area contributed by atoms with Crippen molar-refractivity contribution in [3.8, 4) is 11.5 Å². The minimum Gasteiger partial charge on any atom is -0.504 e. The Labute approximate surface area is 129 Å². The zero-order valence-corrected chi connectivity index (χ0v) is 12.9. The molecule has 2 amide bonds. The predicted octanol–water partition coefficient (Wildman–Crippen LogP) is 1.01. The number of nitrogens with one attached hydrogen (secondary N) is 2. The lowest BCUT2D eigenvalue weighted by atomic mass is 10.2. The minimum atomic E-state index is -0.833. The minimum absolute atomic E-state index is 0.0242. The van der Waals surface area contributed by atoms with E-state index in [4.69, 9.17) is 4.74 Å². The van der Waals surface area contributed by atoms with Crippen molar-refractivity contribution >= 4 is 18.0 Å². The molecule has 0 aliphatic heterocycles. The number of phenolic OH excluding ortho intramolecular Hbond substituents is 1. The van der Waals surface area contributed by atoms with Crippen LogP contribution < -0.4 is 15.5 Å². The number of aromatic hydroxyl groups is 1. The van der Waals surface area contributed by atoms with Crippen molar-refractivity contribution in [2.45, 2.75) is 20.8 Å². The van der Waals surface area contributed by atoms with Crippen molar-refractivity contribution in [2.24, 2.45) is 11.0 Å². The molecule has 1 aromatic carbocycles. The highest BCUT2D eigenvalue weighted by Gasteiger charge is 2.12. The van der Waals surface area contributed by atoms with E-state index < -0.39 is 11.8 Å². The number of amides is 2. The summed E-state index contributed by atoms with van der Waals surface area (Å²) in [5, 5.41) is 15.7. The largest absolute Gasteiger partial charge is 0.504 e. The molecule has 0 saturated carbocycles. The fourth-order valence-electron chi connectivity index (χ4n) is 1.48. The van der Waals surface area contributed by atoms with Crippen LogP contribution in [0.2, 0.25) is 0 Å². The molecule has 1 aromatic rings. The van der Waals surface area contributed by atoms with Crippen LogP contribution in [0.1, 0.15) is 26.3 Å². The van der Waals surface area contributed by atoms with Crippen LogP contribution in [-0.4, -0.2) is 36.3 Å². The van der Waals surface area contributed by atoms with Crippen molar-refractivity contribution in [3.63, 3.8) is 0 Å². The first-order chi connectivity index (χ1) is 10.4. The maximum atomic E-state index is 11.5. The summed E-state index contributed by atoms with van der Waals surface area (Å²) in [7, 11) is 0. The quantitative estimate of drug-likeness (QED) is 0.415. The summed E-state index contributed by atoms with van der Waals surface area (Å²) in [5.74, 6) is -0.954. The van der Waals surface area contributed by atoms with E-state index in [1.54, 1.807) is 19.1 Å². The van der Waals surface area contributed by atoms with Crippen molar-refractivity contribution in [1.29, 1.82) is 0 Å². The monoisotopic (exact) mass is 307 g/mol. The van der Waals surface area contributed by atoms with E-state index in [0.717, 1.165) is 0 Å². The highest BCUT2D eigenvalue weighted by atomic mass is 16.5. The topological polar surface area (TPSA) is 100 Å². The van der Waals surface area contributed by atoms with Gasteiger partial charge in [0.25, 0.3) is 0 Å². The van der Waals surface area contributed by atoms with E-state index in [2.05, 4.69) is 15.8 Å². The van der Waals surface area contributed by atoms with Gasteiger partial charge in [0.05, 0.1) is 12.8 Å². The van der Waals surface area contributed by atoms with E-state index in [9.17, 15) is 14.7 Å². The van der Waals surface area contributed by atoms with E-state index in [1.807, 2.05) is 13.8 Å². The molecular formula is C15H21N3O4. The van der Waals surface area contributed by atoms with Gasteiger partial charge < -0.3 is 15.2 Å². The van der Waals surface area contributed by atoms with E-state index in [1.165, 1.54) is 12.3 Å². The van der Waals surface area contributed by atoms with Gasteiger partial charge in [0, 0.05) is 6.54 Å². The number of phenols is 1. The second kappa shape index (κ2) is 8.66. The molecule has 3 N–H and O–H groups in total. The highest BCUT2D eigenvalue weighted by Crippen LogP contribution is 2.26. The number of hydrazone groups is 1. The van der Waals surface area contributed by atoms with Crippen LogP contribution in [0, 0.1) is 5.92 Å². The number of carbonyl (C=O) groups excluding carboxylic acids is 2. The molecule has 120 valence electrons. The third kappa shape index (κ3) is 5.82. The fraction of sp³-hybridized carbons (Fsp3) is 0.400. The van der Waals surface area contributed by atoms with Crippen molar-refractivity contribution in [3.05, 3.63) is 23.8 Å². The Balaban J connectivity index is 2.56. The number of carbonyl (C=O) groups is 2. The Bertz CT molecular complexity index is 556.